The quantitative estimate of drug-likeness (QED) is 0.312. The van der Waals surface area contributed by atoms with E-state index in [1.54, 1.807) is 30.2 Å². The van der Waals surface area contributed by atoms with E-state index < -0.39 is 6.04 Å². The maximum atomic E-state index is 14.5. The molecule has 0 fully saturated rings. The van der Waals surface area contributed by atoms with Gasteiger partial charge >= 0.3 is 6.03 Å². The summed E-state index contributed by atoms with van der Waals surface area (Å²) in [7, 11) is 1.56. The number of halogens is 1. The molecular weight excluding hydrogens is 481 g/mol. The lowest BCUT2D eigenvalue weighted by molar-refractivity contribution is 0.194. The van der Waals surface area contributed by atoms with Crippen molar-refractivity contribution in [3.8, 4) is 17.3 Å². The topological polar surface area (TPSA) is 64.3 Å². The molecule has 3 aromatic carbocycles. The van der Waals surface area contributed by atoms with E-state index in [2.05, 4.69) is 5.32 Å². The molecular formula is C30H26FN5O2. The fourth-order valence-corrected chi connectivity index (χ4v) is 5.11. The maximum absolute atomic E-state index is 14.5. The van der Waals surface area contributed by atoms with Gasteiger partial charge in [-0.25, -0.2) is 13.9 Å². The third-order valence-corrected chi connectivity index (χ3v) is 6.86. The largest absolute Gasteiger partial charge is 0.495 e. The molecule has 190 valence electrons. The first kappa shape index (κ1) is 23.5. The Morgan fingerprint density at radius 2 is 1.79 bits per heavy atom. The maximum Gasteiger partial charge on any atom is 0.323 e. The number of carbonyl (C=O) groups is 1. The Bertz CT molecular complexity index is 1620. The molecule has 0 aliphatic carbocycles. The normalized spacial score (nSPS) is 14.4. The molecule has 0 saturated heterocycles. The molecule has 6 rings (SSSR count). The van der Waals surface area contributed by atoms with Crippen LogP contribution in [-0.4, -0.2) is 32.4 Å². The summed E-state index contributed by atoms with van der Waals surface area (Å²) >= 11 is 0. The summed E-state index contributed by atoms with van der Waals surface area (Å²) in [5.41, 5.74) is 4.66. The Morgan fingerprint density at radius 3 is 2.58 bits per heavy atom. The van der Waals surface area contributed by atoms with Crippen LogP contribution in [0.1, 0.15) is 28.6 Å². The number of para-hydroxylation sites is 3. The van der Waals surface area contributed by atoms with Crippen molar-refractivity contribution in [2.75, 3.05) is 12.4 Å². The number of rotatable bonds is 4. The van der Waals surface area contributed by atoms with Crippen molar-refractivity contribution in [2.45, 2.75) is 19.5 Å². The van der Waals surface area contributed by atoms with Crippen LogP contribution < -0.4 is 10.1 Å². The Balaban J connectivity index is 1.54. The first-order valence-electron chi connectivity index (χ1n) is 12.3. The third-order valence-electron chi connectivity index (χ3n) is 6.86. The van der Waals surface area contributed by atoms with Gasteiger partial charge in [0.05, 0.1) is 42.5 Å². The molecule has 0 radical (unpaired) electrons. The van der Waals surface area contributed by atoms with E-state index in [1.807, 2.05) is 83.0 Å². The highest BCUT2D eigenvalue weighted by atomic mass is 19.1. The van der Waals surface area contributed by atoms with E-state index in [0.29, 0.717) is 17.0 Å². The number of urea groups is 1. The van der Waals surface area contributed by atoms with Crippen molar-refractivity contribution in [3.63, 3.8) is 0 Å². The Kier molecular flexibility index (Phi) is 5.92. The molecule has 1 aliphatic heterocycles. The number of hydrogen-bond acceptors (Lipinski definition) is 3. The van der Waals surface area contributed by atoms with E-state index in [-0.39, 0.29) is 18.4 Å². The van der Waals surface area contributed by atoms with Crippen LogP contribution in [0.4, 0.5) is 14.9 Å². The molecule has 7 nitrogen and oxygen atoms in total. The minimum atomic E-state index is -0.563. The van der Waals surface area contributed by atoms with Gasteiger partial charge < -0.3 is 19.5 Å². The van der Waals surface area contributed by atoms with Crippen LogP contribution in [0.25, 0.3) is 11.5 Å². The molecule has 0 unspecified atom stereocenters. The second-order valence-electron chi connectivity index (χ2n) is 9.15. The van der Waals surface area contributed by atoms with Gasteiger partial charge in [-0.05, 0) is 61.0 Å². The van der Waals surface area contributed by atoms with Crippen LogP contribution >= 0.6 is 0 Å². The molecule has 1 aliphatic rings. The lowest BCUT2D eigenvalue weighted by Gasteiger charge is -2.31. The number of ether oxygens (including phenoxy) is 1. The van der Waals surface area contributed by atoms with Crippen LogP contribution in [0.15, 0.2) is 97.2 Å². The summed E-state index contributed by atoms with van der Waals surface area (Å²) in [6, 6.07) is 26.6. The van der Waals surface area contributed by atoms with Gasteiger partial charge in [-0.1, -0.05) is 42.5 Å². The first-order chi connectivity index (χ1) is 18.5. The standard InChI is InChI=1S/C30H26FN5O2/c1-20-24-19-35(30(37)32-25-14-6-7-16-27(25)38-2)28(21-10-8-11-22(31)18-21)26-15-9-17-34(26)29(24)36(33-20)23-12-4-3-5-13-23/h3-18,28H,19H2,1-2H3,(H,32,37)/t28-/m0/s1. The van der Waals surface area contributed by atoms with Crippen LogP contribution in [0.5, 0.6) is 5.75 Å². The zero-order valence-corrected chi connectivity index (χ0v) is 21.0. The van der Waals surface area contributed by atoms with E-state index >= 15 is 0 Å². The second-order valence-corrected chi connectivity index (χ2v) is 9.15. The van der Waals surface area contributed by atoms with Gasteiger partial charge in [0.2, 0.25) is 0 Å². The number of aromatic nitrogens is 3. The number of aryl methyl sites for hydroxylation is 1. The Labute approximate surface area is 219 Å². The minimum absolute atomic E-state index is 0.262. The van der Waals surface area contributed by atoms with Crippen LogP contribution in [-0.2, 0) is 6.54 Å². The minimum Gasteiger partial charge on any atom is -0.495 e. The molecule has 8 heteroatoms. The van der Waals surface area contributed by atoms with Gasteiger partial charge in [-0.3, -0.25) is 0 Å². The molecule has 1 N–H and O–H groups in total. The van der Waals surface area contributed by atoms with Crippen molar-refractivity contribution in [1.82, 2.24) is 19.2 Å². The average Bonchev–Trinajstić information content (AvgIpc) is 3.49. The molecule has 3 heterocycles. The van der Waals surface area contributed by atoms with Gasteiger partial charge in [0.15, 0.2) is 0 Å². The lowest BCUT2D eigenvalue weighted by Crippen LogP contribution is -2.38. The number of nitrogens with one attached hydrogen (secondary N) is 1. The predicted octanol–water partition coefficient (Wildman–Crippen LogP) is 6.26. The van der Waals surface area contributed by atoms with Gasteiger partial charge in [0.25, 0.3) is 0 Å². The summed E-state index contributed by atoms with van der Waals surface area (Å²) in [6.07, 6.45) is 1.96. The number of fused-ring (bicyclic) bond motifs is 3. The average molecular weight is 508 g/mol. The number of nitrogens with zero attached hydrogens (tertiary/aromatic N) is 4. The Hall–Kier alpha value is -4.85. The van der Waals surface area contributed by atoms with Gasteiger partial charge in [-0.15, -0.1) is 0 Å². The highest BCUT2D eigenvalue weighted by Crippen LogP contribution is 2.39. The predicted molar refractivity (Wildman–Crippen MR) is 143 cm³/mol. The fraction of sp³-hybridized carbons (Fsp3) is 0.133. The van der Waals surface area contributed by atoms with Crippen LogP contribution in [0.2, 0.25) is 0 Å². The molecule has 0 spiro atoms. The zero-order valence-electron chi connectivity index (χ0n) is 21.0. The van der Waals surface area contributed by atoms with E-state index in [0.717, 1.165) is 28.5 Å². The van der Waals surface area contributed by atoms with Crippen LogP contribution in [0.3, 0.4) is 0 Å². The summed E-state index contributed by atoms with van der Waals surface area (Å²) in [5, 5.41) is 7.87. The van der Waals surface area contributed by atoms with E-state index in [1.165, 1.54) is 12.1 Å². The number of hydrogen-bond donors (Lipinski definition) is 1. The SMILES string of the molecule is COc1ccccc1NC(=O)N1Cc2c(C)nn(-c3ccccc3)c2-n2cccc2[C@@H]1c1cccc(F)c1. The number of benzene rings is 3. The van der Waals surface area contributed by atoms with Crippen molar-refractivity contribution < 1.29 is 13.9 Å². The van der Waals surface area contributed by atoms with Crippen molar-refractivity contribution in [1.29, 1.82) is 0 Å². The monoisotopic (exact) mass is 507 g/mol. The lowest BCUT2D eigenvalue weighted by atomic mass is 10.0. The number of carbonyl (C=O) groups excluding carboxylic acids is 1. The summed E-state index contributed by atoms with van der Waals surface area (Å²) in [5.74, 6) is 1.04. The molecule has 0 saturated carbocycles. The van der Waals surface area contributed by atoms with Gasteiger partial charge in [0.1, 0.15) is 17.4 Å². The number of anilines is 1. The Morgan fingerprint density at radius 1 is 1.00 bits per heavy atom. The number of methoxy groups -OCH3 is 1. The zero-order chi connectivity index (χ0) is 26.2. The first-order valence-corrected chi connectivity index (χ1v) is 12.3. The molecule has 5 aromatic rings. The fourth-order valence-electron chi connectivity index (χ4n) is 5.11. The molecule has 1 atom stereocenters. The summed E-state index contributed by atoms with van der Waals surface area (Å²) in [6.45, 7) is 2.21. The van der Waals surface area contributed by atoms with Gasteiger partial charge in [0, 0.05) is 11.8 Å². The van der Waals surface area contributed by atoms with Gasteiger partial charge in [-0.2, -0.15) is 5.10 Å². The van der Waals surface area contributed by atoms with Crippen molar-refractivity contribution in [3.05, 3.63) is 126 Å². The van der Waals surface area contributed by atoms with E-state index in [4.69, 9.17) is 9.84 Å². The van der Waals surface area contributed by atoms with Crippen molar-refractivity contribution >= 4 is 11.7 Å². The summed E-state index contributed by atoms with van der Waals surface area (Å²) < 4.78 is 23.9. The smallest absolute Gasteiger partial charge is 0.323 e. The highest BCUT2D eigenvalue weighted by molar-refractivity contribution is 5.91. The molecule has 38 heavy (non-hydrogen) atoms. The summed E-state index contributed by atoms with van der Waals surface area (Å²) in [4.78, 5) is 15.7. The number of amides is 2. The highest BCUT2D eigenvalue weighted by Gasteiger charge is 2.36. The molecule has 2 amide bonds. The van der Waals surface area contributed by atoms with Crippen molar-refractivity contribution in [2.24, 2.45) is 0 Å². The second kappa shape index (κ2) is 9.55. The third kappa shape index (κ3) is 4.00. The molecule has 2 aromatic heterocycles. The molecule has 0 bridgehead atoms. The van der Waals surface area contributed by atoms with Crippen LogP contribution in [0, 0.1) is 12.7 Å². The van der Waals surface area contributed by atoms with E-state index in [9.17, 15) is 9.18 Å².